The predicted octanol–water partition coefficient (Wildman–Crippen LogP) is -0.640. The summed E-state index contributed by atoms with van der Waals surface area (Å²) in [4.78, 5) is 11.2. The van der Waals surface area contributed by atoms with E-state index in [0.717, 1.165) is 0 Å². The van der Waals surface area contributed by atoms with Gasteiger partial charge in [-0.3, -0.25) is 4.79 Å². The second-order valence-electron chi connectivity index (χ2n) is 2.59. The molecule has 0 spiro atoms. The number of hydrogen-bond acceptors (Lipinski definition) is 3. The standard InChI is InChI=1S/C9H16N2O2/c1-4-5-11-9(12)8(2)10-6-7-13-3/h1,8,10H,5-7H2,2-3H3,(H,11,12). The van der Waals surface area contributed by atoms with Crippen molar-refractivity contribution in [1.82, 2.24) is 10.6 Å². The number of carbonyl (C=O) groups excluding carboxylic acids is 1. The molecule has 0 heterocycles. The Morgan fingerprint density at radius 1 is 1.69 bits per heavy atom. The molecule has 4 heteroatoms. The van der Waals surface area contributed by atoms with Crippen molar-refractivity contribution in [2.45, 2.75) is 13.0 Å². The first kappa shape index (κ1) is 11.9. The van der Waals surface area contributed by atoms with Crippen molar-refractivity contribution in [3.05, 3.63) is 0 Å². The molecule has 4 nitrogen and oxygen atoms in total. The quantitative estimate of drug-likeness (QED) is 0.426. The summed E-state index contributed by atoms with van der Waals surface area (Å²) in [5.41, 5.74) is 0. The predicted molar refractivity (Wildman–Crippen MR) is 51.2 cm³/mol. The monoisotopic (exact) mass is 184 g/mol. The number of nitrogens with one attached hydrogen (secondary N) is 2. The van der Waals surface area contributed by atoms with E-state index >= 15 is 0 Å². The van der Waals surface area contributed by atoms with Crippen LogP contribution in [0.15, 0.2) is 0 Å². The summed E-state index contributed by atoms with van der Waals surface area (Å²) >= 11 is 0. The van der Waals surface area contributed by atoms with Crippen molar-refractivity contribution < 1.29 is 9.53 Å². The Balaban J connectivity index is 3.52. The molecule has 13 heavy (non-hydrogen) atoms. The van der Waals surface area contributed by atoms with E-state index in [-0.39, 0.29) is 18.5 Å². The van der Waals surface area contributed by atoms with Crippen LogP contribution in [0.4, 0.5) is 0 Å². The highest BCUT2D eigenvalue weighted by atomic mass is 16.5. The summed E-state index contributed by atoms with van der Waals surface area (Å²) in [5.74, 6) is 2.25. The molecule has 0 aliphatic heterocycles. The first-order chi connectivity index (χ1) is 6.22. The fraction of sp³-hybridized carbons (Fsp3) is 0.667. The van der Waals surface area contributed by atoms with Gasteiger partial charge in [-0.25, -0.2) is 0 Å². The average molecular weight is 184 g/mol. The molecule has 0 aromatic rings. The Hall–Kier alpha value is -1.05. The number of ether oxygens (including phenoxy) is 1. The summed E-state index contributed by atoms with van der Waals surface area (Å²) in [6.07, 6.45) is 4.99. The molecule has 1 unspecified atom stereocenters. The first-order valence-corrected chi connectivity index (χ1v) is 4.16. The zero-order valence-electron chi connectivity index (χ0n) is 8.09. The maximum atomic E-state index is 11.2. The number of hydrogen-bond donors (Lipinski definition) is 2. The van der Waals surface area contributed by atoms with Gasteiger partial charge in [0.15, 0.2) is 0 Å². The Bertz CT molecular complexity index is 187. The number of carbonyl (C=O) groups is 1. The van der Waals surface area contributed by atoms with Crippen molar-refractivity contribution >= 4 is 5.91 Å². The van der Waals surface area contributed by atoms with Crippen LogP contribution < -0.4 is 10.6 Å². The van der Waals surface area contributed by atoms with Crippen LogP contribution >= 0.6 is 0 Å². The van der Waals surface area contributed by atoms with Crippen LogP contribution in [0, 0.1) is 12.3 Å². The highest BCUT2D eigenvalue weighted by molar-refractivity contribution is 5.81. The molecule has 0 saturated carbocycles. The molecule has 1 amide bonds. The molecule has 0 bridgehead atoms. The summed E-state index contributed by atoms with van der Waals surface area (Å²) in [6.45, 7) is 3.30. The van der Waals surface area contributed by atoms with Gasteiger partial charge < -0.3 is 15.4 Å². The summed E-state index contributed by atoms with van der Waals surface area (Å²) in [6, 6.07) is -0.233. The van der Waals surface area contributed by atoms with Crippen LogP contribution in [0.1, 0.15) is 6.92 Å². The highest BCUT2D eigenvalue weighted by Gasteiger charge is 2.09. The molecule has 74 valence electrons. The van der Waals surface area contributed by atoms with Crippen molar-refractivity contribution in [2.24, 2.45) is 0 Å². The summed E-state index contributed by atoms with van der Waals surface area (Å²) in [5, 5.41) is 5.57. The summed E-state index contributed by atoms with van der Waals surface area (Å²) < 4.78 is 4.83. The van der Waals surface area contributed by atoms with Gasteiger partial charge in [0.25, 0.3) is 0 Å². The largest absolute Gasteiger partial charge is 0.383 e. The molecule has 1 atom stereocenters. The van der Waals surface area contributed by atoms with Gasteiger partial charge in [-0.15, -0.1) is 6.42 Å². The Morgan fingerprint density at radius 2 is 2.38 bits per heavy atom. The maximum absolute atomic E-state index is 11.2. The van der Waals surface area contributed by atoms with Gasteiger partial charge in [-0.1, -0.05) is 5.92 Å². The zero-order valence-corrected chi connectivity index (χ0v) is 8.09. The van der Waals surface area contributed by atoms with Crippen molar-refractivity contribution in [3.63, 3.8) is 0 Å². The van der Waals surface area contributed by atoms with Gasteiger partial charge in [0, 0.05) is 13.7 Å². The lowest BCUT2D eigenvalue weighted by Crippen LogP contribution is -2.43. The van der Waals surface area contributed by atoms with E-state index in [1.54, 1.807) is 14.0 Å². The van der Waals surface area contributed by atoms with Gasteiger partial charge in [0.05, 0.1) is 19.2 Å². The number of terminal acetylenes is 1. The lowest BCUT2D eigenvalue weighted by molar-refractivity contribution is -0.122. The summed E-state index contributed by atoms with van der Waals surface area (Å²) in [7, 11) is 1.62. The van der Waals surface area contributed by atoms with Gasteiger partial charge in [-0.05, 0) is 6.92 Å². The second kappa shape index (κ2) is 7.59. The molecular weight excluding hydrogens is 168 g/mol. The fourth-order valence-electron chi connectivity index (χ4n) is 0.761. The zero-order chi connectivity index (χ0) is 10.1. The molecule has 0 aliphatic carbocycles. The highest BCUT2D eigenvalue weighted by Crippen LogP contribution is 1.80. The van der Waals surface area contributed by atoms with E-state index in [1.807, 2.05) is 0 Å². The Labute approximate surface area is 79.0 Å². The molecule has 0 radical (unpaired) electrons. The van der Waals surface area contributed by atoms with Crippen molar-refractivity contribution in [2.75, 3.05) is 26.8 Å². The molecule has 0 rings (SSSR count). The minimum Gasteiger partial charge on any atom is -0.383 e. The minimum atomic E-state index is -0.233. The number of rotatable bonds is 6. The topological polar surface area (TPSA) is 50.4 Å². The third-order valence-corrected chi connectivity index (χ3v) is 1.51. The fourth-order valence-corrected chi connectivity index (χ4v) is 0.761. The minimum absolute atomic E-state index is 0.0888. The van der Waals surface area contributed by atoms with Gasteiger partial charge >= 0.3 is 0 Å². The van der Waals surface area contributed by atoms with E-state index < -0.39 is 0 Å². The molecule has 0 aliphatic rings. The van der Waals surface area contributed by atoms with E-state index in [9.17, 15) is 4.79 Å². The average Bonchev–Trinajstić information content (AvgIpc) is 2.14. The van der Waals surface area contributed by atoms with Gasteiger partial charge in [0.2, 0.25) is 5.91 Å². The third kappa shape index (κ3) is 6.14. The van der Waals surface area contributed by atoms with Crippen LogP contribution in [-0.4, -0.2) is 38.8 Å². The molecule has 0 saturated heterocycles. The maximum Gasteiger partial charge on any atom is 0.237 e. The van der Waals surface area contributed by atoms with Gasteiger partial charge in [-0.2, -0.15) is 0 Å². The number of amides is 1. The second-order valence-corrected chi connectivity index (χ2v) is 2.59. The van der Waals surface area contributed by atoms with Crippen LogP contribution in [0.3, 0.4) is 0 Å². The SMILES string of the molecule is C#CCNC(=O)C(C)NCCOC. The molecule has 0 aromatic carbocycles. The normalized spacial score (nSPS) is 11.8. The lowest BCUT2D eigenvalue weighted by atomic mass is 10.3. The van der Waals surface area contributed by atoms with Crippen LogP contribution in [0.5, 0.6) is 0 Å². The van der Waals surface area contributed by atoms with Gasteiger partial charge in [0.1, 0.15) is 0 Å². The smallest absolute Gasteiger partial charge is 0.237 e. The lowest BCUT2D eigenvalue weighted by Gasteiger charge is -2.12. The molecule has 2 N–H and O–H groups in total. The molecule has 0 aromatic heterocycles. The van der Waals surface area contributed by atoms with E-state index in [4.69, 9.17) is 11.2 Å². The van der Waals surface area contributed by atoms with Crippen molar-refractivity contribution in [1.29, 1.82) is 0 Å². The molecular formula is C9H16N2O2. The Kier molecular flexibility index (Phi) is 6.98. The third-order valence-electron chi connectivity index (χ3n) is 1.51. The van der Waals surface area contributed by atoms with Crippen LogP contribution in [0.2, 0.25) is 0 Å². The van der Waals surface area contributed by atoms with Crippen LogP contribution in [-0.2, 0) is 9.53 Å². The first-order valence-electron chi connectivity index (χ1n) is 4.16. The van der Waals surface area contributed by atoms with Crippen LogP contribution in [0.25, 0.3) is 0 Å². The van der Waals surface area contributed by atoms with Crippen molar-refractivity contribution in [3.8, 4) is 12.3 Å². The van der Waals surface area contributed by atoms with E-state index in [1.165, 1.54) is 0 Å². The number of methoxy groups -OCH3 is 1. The molecule has 0 fully saturated rings. The van der Waals surface area contributed by atoms with E-state index in [0.29, 0.717) is 13.2 Å². The van der Waals surface area contributed by atoms with E-state index in [2.05, 4.69) is 16.6 Å². The Morgan fingerprint density at radius 3 is 2.92 bits per heavy atom.